The van der Waals surface area contributed by atoms with Crippen molar-refractivity contribution < 1.29 is 24.2 Å². The largest absolute Gasteiger partial charge is 0.481 e. The average Bonchev–Trinajstić information content (AvgIpc) is 2.75. The second-order valence-electron chi connectivity index (χ2n) is 8.01. The zero-order valence-corrected chi connectivity index (χ0v) is 18.3. The second kappa shape index (κ2) is 13.6. The highest BCUT2D eigenvalue weighted by atomic mass is 16.5. The van der Waals surface area contributed by atoms with Crippen molar-refractivity contribution in [3.8, 4) is 0 Å². The van der Waals surface area contributed by atoms with Crippen LogP contribution in [0, 0.1) is 5.92 Å². The Bertz CT molecular complexity index is 735. The third-order valence-electron chi connectivity index (χ3n) is 5.38. The van der Waals surface area contributed by atoms with E-state index in [1.807, 2.05) is 30.3 Å². The van der Waals surface area contributed by atoms with Crippen molar-refractivity contribution >= 4 is 17.8 Å². The molecule has 0 saturated carbocycles. The van der Waals surface area contributed by atoms with Gasteiger partial charge in [0.2, 0.25) is 11.8 Å². The fraction of sp³-hybridized carbons (Fsp3) is 0.542. The van der Waals surface area contributed by atoms with E-state index in [0.717, 1.165) is 37.7 Å². The normalized spacial score (nSPS) is 21.8. The Morgan fingerprint density at radius 1 is 1.13 bits per heavy atom. The molecule has 0 aliphatic carbocycles. The van der Waals surface area contributed by atoms with E-state index in [4.69, 9.17) is 4.74 Å². The van der Waals surface area contributed by atoms with Gasteiger partial charge in [-0.2, -0.15) is 0 Å². The number of benzene rings is 1. The van der Waals surface area contributed by atoms with Crippen molar-refractivity contribution in [2.45, 2.75) is 57.6 Å². The van der Waals surface area contributed by atoms with Crippen molar-refractivity contribution in [3.63, 3.8) is 0 Å². The zero-order valence-electron chi connectivity index (χ0n) is 18.3. The average molecular weight is 431 g/mol. The number of amides is 2. The first-order valence-corrected chi connectivity index (χ1v) is 11.0. The summed E-state index contributed by atoms with van der Waals surface area (Å²) in [6.07, 6.45) is 8.76. The van der Waals surface area contributed by atoms with E-state index in [1.165, 1.54) is 0 Å². The molecule has 0 spiro atoms. The molecule has 170 valence electrons. The van der Waals surface area contributed by atoms with Crippen LogP contribution in [0.2, 0.25) is 0 Å². The lowest BCUT2D eigenvalue weighted by Crippen LogP contribution is -2.51. The molecule has 2 N–H and O–H groups in total. The molecule has 1 aliphatic rings. The van der Waals surface area contributed by atoms with Gasteiger partial charge in [-0.3, -0.25) is 14.4 Å². The molecule has 2 atom stereocenters. The van der Waals surface area contributed by atoms with Crippen LogP contribution in [-0.4, -0.2) is 54.0 Å². The number of likely N-dealkylation sites (N-methyl/N-ethyl adjacent to an activating group) is 1. The zero-order chi connectivity index (χ0) is 22.5. The van der Waals surface area contributed by atoms with Gasteiger partial charge >= 0.3 is 5.97 Å². The van der Waals surface area contributed by atoms with Crippen LogP contribution < -0.4 is 5.32 Å². The van der Waals surface area contributed by atoms with Gasteiger partial charge in [0.15, 0.2) is 0 Å². The number of carboxylic acids is 1. The number of carbonyl (C=O) groups excluding carboxylic acids is 2. The van der Waals surface area contributed by atoms with Crippen LogP contribution in [0.1, 0.15) is 50.5 Å². The maximum absolute atomic E-state index is 13.0. The van der Waals surface area contributed by atoms with E-state index in [2.05, 4.69) is 17.5 Å². The first kappa shape index (κ1) is 24.6. The van der Waals surface area contributed by atoms with Gasteiger partial charge in [0.25, 0.3) is 0 Å². The van der Waals surface area contributed by atoms with Crippen molar-refractivity contribution in [2.75, 3.05) is 20.2 Å². The van der Waals surface area contributed by atoms with Gasteiger partial charge in [-0.1, -0.05) is 42.5 Å². The standard InChI is InChI=1S/C24H34N2O5/c1-26-15-11-6-4-2-3-5-10-14-20(16-22(27)28)23(29)25-21(24(26)30)18-31-17-19-12-8-7-9-13-19/h2-3,7-9,12-13,20-21H,4-6,10-11,14-18H2,1H3,(H,25,29)(H,27,28). The molecule has 1 aliphatic heterocycles. The third-order valence-corrected chi connectivity index (χ3v) is 5.38. The second-order valence-corrected chi connectivity index (χ2v) is 8.01. The van der Waals surface area contributed by atoms with E-state index in [9.17, 15) is 19.5 Å². The molecule has 0 bridgehead atoms. The summed E-state index contributed by atoms with van der Waals surface area (Å²) in [7, 11) is 1.72. The SMILES string of the molecule is CN1CCCCC=CCCCC(CC(=O)O)C(=O)NC(COCc2ccccc2)C1=O. The van der Waals surface area contributed by atoms with E-state index >= 15 is 0 Å². The lowest BCUT2D eigenvalue weighted by Gasteiger charge is -2.26. The summed E-state index contributed by atoms with van der Waals surface area (Å²) in [6.45, 7) is 0.954. The Labute approximate surface area is 184 Å². The maximum atomic E-state index is 13.0. The van der Waals surface area contributed by atoms with Crippen LogP contribution >= 0.6 is 0 Å². The molecule has 7 nitrogen and oxygen atoms in total. The summed E-state index contributed by atoms with van der Waals surface area (Å²) in [5.74, 6) is -2.32. The Morgan fingerprint density at radius 2 is 1.84 bits per heavy atom. The molecule has 1 heterocycles. The predicted molar refractivity (Wildman–Crippen MR) is 118 cm³/mol. The number of hydrogen-bond acceptors (Lipinski definition) is 4. The van der Waals surface area contributed by atoms with Crippen LogP contribution in [0.15, 0.2) is 42.5 Å². The third kappa shape index (κ3) is 9.34. The van der Waals surface area contributed by atoms with Gasteiger partial charge in [-0.05, 0) is 44.1 Å². The number of carboxylic acid groups (broad SMARTS) is 1. The highest BCUT2D eigenvalue weighted by Gasteiger charge is 2.28. The number of ether oxygens (including phenoxy) is 1. The highest BCUT2D eigenvalue weighted by molar-refractivity contribution is 5.89. The monoisotopic (exact) mass is 430 g/mol. The lowest BCUT2D eigenvalue weighted by molar-refractivity contribution is -0.142. The van der Waals surface area contributed by atoms with Crippen LogP contribution in [-0.2, 0) is 25.7 Å². The smallest absolute Gasteiger partial charge is 0.304 e. The number of nitrogens with zero attached hydrogens (tertiary/aromatic N) is 1. The van der Waals surface area contributed by atoms with E-state index in [1.54, 1.807) is 11.9 Å². The van der Waals surface area contributed by atoms with E-state index < -0.39 is 23.8 Å². The molecule has 1 aromatic rings. The number of nitrogens with one attached hydrogen (secondary N) is 1. The van der Waals surface area contributed by atoms with Crippen LogP contribution in [0.5, 0.6) is 0 Å². The molecule has 31 heavy (non-hydrogen) atoms. The van der Waals surface area contributed by atoms with Gasteiger partial charge < -0.3 is 20.1 Å². The summed E-state index contributed by atoms with van der Waals surface area (Å²) in [5, 5.41) is 12.0. The predicted octanol–water partition coefficient (Wildman–Crippen LogP) is 3.15. The Kier molecular flexibility index (Phi) is 10.8. The van der Waals surface area contributed by atoms with E-state index in [-0.39, 0.29) is 18.9 Å². The Hall–Kier alpha value is -2.67. The Morgan fingerprint density at radius 3 is 2.55 bits per heavy atom. The van der Waals surface area contributed by atoms with E-state index in [0.29, 0.717) is 19.6 Å². The minimum absolute atomic E-state index is 0.0329. The van der Waals surface area contributed by atoms with Crippen molar-refractivity contribution in [3.05, 3.63) is 48.0 Å². The fourth-order valence-electron chi connectivity index (χ4n) is 3.57. The molecule has 7 heteroatoms. The van der Waals surface area contributed by atoms with Gasteiger partial charge in [0, 0.05) is 19.5 Å². The molecule has 2 unspecified atom stereocenters. The first-order chi connectivity index (χ1) is 15.0. The summed E-state index contributed by atoms with van der Waals surface area (Å²) >= 11 is 0. The van der Waals surface area contributed by atoms with Crippen molar-refractivity contribution in [1.82, 2.24) is 10.2 Å². The minimum Gasteiger partial charge on any atom is -0.481 e. The number of hydrogen-bond donors (Lipinski definition) is 2. The van der Waals surface area contributed by atoms with Gasteiger partial charge in [0.05, 0.1) is 19.6 Å². The van der Waals surface area contributed by atoms with Crippen LogP contribution in [0.4, 0.5) is 0 Å². The van der Waals surface area contributed by atoms with Gasteiger partial charge in [-0.25, -0.2) is 0 Å². The number of rotatable bonds is 6. The lowest BCUT2D eigenvalue weighted by atomic mass is 9.96. The molecule has 0 radical (unpaired) electrons. The minimum atomic E-state index is -1.02. The van der Waals surface area contributed by atoms with Crippen molar-refractivity contribution in [2.24, 2.45) is 5.92 Å². The molecule has 1 aromatic carbocycles. The molecule has 2 amide bonds. The molecule has 0 fully saturated rings. The number of allylic oxidation sites excluding steroid dienone is 2. The van der Waals surface area contributed by atoms with Crippen LogP contribution in [0.25, 0.3) is 0 Å². The van der Waals surface area contributed by atoms with Crippen molar-refractivity contribution in [1.29, 1.82) is 0 Å². The summed E-state index contributed by atoms with van der Waals surface area (Å²) in [6, 6.07) is 8.75. The molecular weight excluding hydrogens is 396 g/mol. The van der Waals surface area contributed by atoms with Crippen LogP contribution in [0.3, 0.4) is 0 Å². The maximum Gasteiger partial charge on any atom is 0.304 e. The molecule has 0 saturated heterocycles. The Balaban J connectivity index is 2.09. The quantitative estimate of drug-likeness (QED) is 0.676. The van der Waals surface area contributed by atoms with Gasteiger partial charge in [0.1, 0.15) is 6.04 Å². The highest BCUT2D eigenvalue weighted by Crippen LogP contribution is 2.15. The fourth-order valence-corrected chi connectivity index (χ4v) is 3.57. The topological polar surface area (TPSA) is 95.9 Å². The molecule has 0 aromatic heterocycles. The van der Waals surface area contributed by atoms with Gasteiger partial charge in [-0.15, -0.1) is 0 Å². The number of carbonyl (C=O) groups is 3. The molecule has 2 rings (SSSR count). The number of aliphatic carboxylic acids is 1. The summed E-state index contributed by atoms with van der Waals surface area (Å²) in [4.78, 5) is 38.7. The summed E-state index contributed by atoms with van der Waals surface area (Å²) in [5.41, 5.74) is 0.975. The summed E-state index contributed by atoms with van der Waals surface area (Å²) < 4.78 is 5.74. The molecular formula is C24H34N2O5. The first-order valence-electron chi connectivity index (χ1n) is 11.0.